The fourth-order valence-corrected chi connectivity index (χ4v) is 6.66. The van der Waals surface area contributed by atoms with Crippen LogP contribution in [-0.2, 0) is 10.4 Å². The largest absolute Gasteiger partial charge is 0.479 e. The minimum Gasteiger partial charge on any atom is -0.479 e. The summed E-state index contributed by atoms with van der Waals surface area (Å²) in [6.07, 6.45) is 3.22. The first-order valence-electron chi connectivity index (χ1n) is 13.5. The Morgan fingerprint density at radius 2 is 1.98 bits per heavy atom. The van der Waals surface area contributed by atoms with Gasteiger partial charge in [0.2, 0.25) is 0 Å². The van der Waals surface area contributed by atoms with E-state index in [9.17, 15) is 23.5 Å². The molecule has 2 heterocycles. The number of ether oxygens (including phenoxy) is 1. The summed E-state index contributed by atoms with van der Waals surface area (Å²) in [4.78, 5) is 29.4. The van der Waals surface area contributed by atoms with Gasteiger partial charge in [-0.2, -0.15) is 0 Å². The van der Waals surface area contributed by atoms with Gasteiger partial charge in [-0.15, -0.1) is 0 Å². The second-order valence-electron chi connectivity index (χ2n) is 11.8. The van der Waals surface area contributed by atoms with Gasteiger partial charge < -0.3 is 25.4 Å². The number of alkyl halides is 2. The van der Waals surface area contributed by atoms with Gasteiger partial charge in [0.05, 0.1) is 34.3 Å². The van der Waals surface area contributed by atoms with Crippen molar-refractivity contribution in [2.75, 3.05) is 18.5 Å². The number of benzene rings is 1. The highest BCUT2D eigenvalue weighted by molar-refractivity contribution is 6.36. The average Bonchev–Trinajstić information content (AvgIpc) is 3.52. The van der Waals surface area contributed by atoms with E-state index in [1.165, 1.54) is 25.1 Å². The number of amides is 1. The molecule has 3 fully saturated rings. The maximum Gasteiger partial charge on any atom is 0.255 e. The van der Waals surface area contributed by atoms with E-state index in [-0.39, 0.29) is 5.54 Å². The van der Waals surface area contributed by atoms with E-state index >= 15 is 0 Å². The average molecular weight is 614 g/mol. The number of halogens is 4. The van der Waals surface area contributed by atoms with E-state index in [4.69, 9.17) is 27.9 Å². The predicted molar refractivity (Wildman–Crippen MR) is 154 cm³/mol. The number of hydrogen-bond donors (Lipinski definition) is 3. The Balaban J connectivity index is 0.000000196. The van der Waals surface area contributed by atoms with Crippen LogP contribution >= 0.6 is 23.2 Å². The third-order valence-corrected chi connectivity index (χ3v) is 8.72. The van der Waals surface area contributed by atoms with Gasteiger partial charge in [0.1, 0.15) is 11.6 Å². The van der Waals surface area contributed by atoms with Gasteiger partial charge >= 0.3 is 0 Å². The number of aliphatic hydroxyl groups is 1. The standard InChI is InChI=1S/C16H20F2N4O.C13H16Cl2O3/c1-19-11-6-12-16(5-4-10(11)16)22(12)14-3-2-9(7-20-14)15(23)21-8-13(17)18;1-12(2,7-16)18-11-5-8(13(3,4)17)9(14)6-10(11)15/h2-3,7,10-13,19H,4-6,8H2,1H3,(H,21,23);5-7,17H,1-4H3. The van der Waals surface area contributed by atoms with Crippen LogP contribution in [0.5, 0.6) is 5.75 Å². The van der Waals surface area contributed by atoms with Crippen molar-refractivity contribution in [1.29, 1.82) is 0 Å². The van der Waals surface area contributed by atoms with Gasteiger partial charge in [-0.1, -0.05) is 23.2 Å². The molecule has 1 spiro atoms. The molecule has 1 aromatic carbocycles. The molecule has 5 rings (SSSR count). The number of aldehydes is 1. The van der Waals surface area contributed by atoms with E-state index in [0.717, 1.165) is 12.2 Å². The molecular weight excluding hydrogens is 577 g/mol. The summed E-state index contributed by atoms with van der Waals surface area (Å²) in [5.74, 6) is 1.38. The van der Waals surface area contributed by atoms with Crippen LogP contribution in [0.3, 0.4) is 0 Å². The Morgan fingerprint density at radius 1 is 1.27 bits per heavy atom. The smallest absolute Gasteiger partial charge is 0.255 e. The topological polar surface area (TPSA) is 104 Å². The predicted octanol–water partition coefficient (Wildman–Crippen LogP) is 4.98. The molecule has 1 aromatic heterocycles. The maximum absolute atomic E-state index is 12.1. The molecule has 2 aliphatic carbocycles. The lowest BCUT2D eigenvalue weighted by atomic mass is 9.72. The monoisotopic (exact) mass is 612 g/mol. The van der Waals surface area contributed by atoms with Crippen LogP contribution in [0.4, 0.5) is 14.6 Å². The zero-order chi connectivity index (χ0) is 30.3. The van der Waals surface area contributed by atoms with Gasteiger partial charge in [-0.05, 0) is 84.2 Å². The molecule has 3 aliphatic rings. The molecule has 224 valence electrons. The molecule has 1 saturated heterocycles. The summed E-state index contributed by atoms with van der Waals surface area (Å²) >= 11 is 12.0. The van der Waals surface area contributed by atoms with E-state index in [1.54, 1.807) is 39.8 Å². The van der Waals surface area contributed by atoms with Crippen LogP contribution < -0.4 is 20.3 Å². The van der Waals surface area contributed by atoms with Crippen molar-refractivity contribution in [1.82, 2.24) is 15.6 Å². The van der Waals surface area contributed by atoms with Gasteiger partial charge in [0.15, 0.2) is 11.9 Å². The van der Waals surface area contributed by atoms with Crippen LogP contribution in [0.15, 0.2) is 30.5 Å². The van der Waals surface area contributed by atoms with Gasteiger partial charge in [0.25, 0.3) is 12.3 Å². The Hall–Kier alpha value is -2.53. The number of carbonyl (C=O) groups is 2. The molecule has 12 heteroatoms. The fourth-order valence-electron chi connectivity index (χ4n) is 6.00. The Kier molecular flexibility index (Phi) is 8.91. The van der Waals surface area contributed by atoms with Gasteiger partial charge in [-0.3, -0.25) is 9.59 Å². The van der Waals surface area contributed by atoms with Crippen LogP contribution in [0.25, 0.3) is 0 Å². The summed E-state index contributed by atoms with van der Waals surface area (Å²) in [5, 5.41) is 16.2. The van der Waals surface area contributed by atoms with Gasteiger partial charge in [0, 0.05) is 22.8 Å². The highest BCUT2D eigenvalue weighted by Gasteiger charge is 2.76. The molecule has 2 saturated carbocycles. The fraction of sp³-hybridized carbons (Fsp3) is 0.552. The van der Waals surface area contributed by atoms with E-state index < -0.39 is 30.1 Å². The molecule has 4 unspecified atom stereocenters. The highest BCUT2D eigenvalue weighted by atomic mass is 35.5. The minimum absolute atomic E-state index is 0.278. The summed E-state index contributed by atoms with van der Waals surface area (Å²) < 4.78 is 29.8. The number of carbonyl (C=O) groups excluding carboxylic acids is 2. The van der Waals surface area contributed by atoms with Crippen molar-refractivity contribution in [2.45, 2.75) is 82.2 Å². The van der Waals surface area contributed by atoms with Gasteiger partial charge in [-0.25, -0.2) is 13.8 Å². The molecule has 3 N–H and O–H groups in total. The normalized spacial score (nSPS) is 24.5. The number of rotatable bonds is 9. The summed E-state index contributed by atoms with van der Waals surface area (Å²) in [7, 11) is 2.02. The Morgan fingerprint density at radius 3 is 2.46 bits per heavy atom. The summed E-state index contributed by atoms with van der Waals surface area (Å²) in [6.45, 7) is 5.82. The first-order valence-corrected chi connectivity index (χ1v) is 14.3. The highest BCUT2D eigenvalue weighted by Crippen LogP contribution is 2.67. The van der Waals surface area contributed by atoms with Crippen LogP contribution in [0, 0.1) is 5.92 Å². The number of aromatic nitrogens is 1. The second kappa shape index (κ2) is 11.6. The quantitative estimate of drug-likeness (QED) is 0.271. The Bertz CT molecular complexity index is 1290. The molecular formula is C29H36Cl2F2N4O4. The van der Waals surface area contributed by atoms with E-state index in [1.807, 2.05) is 13.1 Å². The zero-order valence-corrected chi connectivity index (χ0v) is 25.2. The SMILES string of the molecule is CC(C)(C=O)Oc1cc(C(C)(C)O)c(Cl)cc1Cl.CNC1CC2N(c3ccc(C(=O)NCC(F)F)cn3)C23CCC13. The van der Waals surface area contributed by atoms with Crippen molar-refractivity contribution in [2.24, 2.45) is 5.92 Å². The number of nitrogens with zero attached hydrogens (tertiary/aromatic N) is 2. The molecule has 0 bridgehead atoms. The van der Waals surface area contributed by atoms with Crippen molar-refractivity contribution in [3.05, 3.63) is 51.6 Å². The molecule has 4 atom stereocenters. The number of hydrogen-bond acceptors (Lipinski definition) is 7. The van der Waals surface area contributed by atoms with Crippen LogP contribution in [0.2, 0.25) is 10.0 Å². The molecule has 1 aliphatic heterocycles. The maximum atomic E-state index is 12.1. The lowest BCUT2D eigenvalue weighted by Gasteiger charge is -2.40. The molecule has 8 nitrogen and oxygen atoms in total. The first-order chi connectivity index (χ1) is 19.1. The molecule has 0 radical (unpaired) electrons. The lowest BCUT2D eigenvalue weighted by molar-refractivity contribution is -0.118. The third kappa shape index (κ3) is 6.30. The van der Waals surface area contributed by atoms with E-state index in [2.05, 4.69) is 20.5 Å². The second-order valence-corrected chi connectivity index (χ2v) is 12.6. The lowest BCUT2D eigenvalue weighted by Crippen LogP contribution is -2.47. The van der Waals surface area contributed by atoms with Crippen molar-refractivity contribution < 1.29 is 28.2 Å². The number of pyridine rings is 1. The van der Waals surface area contributed by atoms with Crippen LogP contribution in [-0.4, -0.2) is 65.5 Å². The molecule has 41 heavy (non-hydrogen) atoms. The zero-order valence-electron chi connectivity index (χ0n) is 23.7. The number of anilines is 1. The Labute approximate surface area is 248 Å². The summed E-state index contributed by atoms with van der Waals surface area (Å²) in [5.41, 5.74) is -1.03. The first kappa shape index (κ1) is 31.4. The van der Waals surface area contributed by atoms with Crippen molar-refractivity contribution >= 4 is 41.2 Å². The molecule has 1 amide bonds. The van der Waals surface area contributed by atoms with E-state index in [0.29, 0.717) is 51.2 Å². The number of piperidine rings is 1. The van der Waals surface area contributed by atoms with Crippen LogP contribution in [0.1, 0.15) is 62.9 Å². The molecule has 2 aromatic rings. The van der Waals surface area contributed by atoms with Crippen molar-refractivity contribution in [3.63, 3.8) is 0 Å². The minimum atomic E-state index is -2.54. The number of nitrogens with one attached hydrogen (secondary N) is 2. The van der Waals surface area contributed by atoms with Crippen molar-refractivity contribution in [3.8, 4) is 5.75 Å². The summed E-state index contributed by atoms with van der Waals surface area (Å²) in [6, 6.07) is 7.68. The third-order valence-electron chi connectivity index (χ3n) is 8.11.